The van der Waals surface area contributed by atoms with Crippen LogP contribution in [0.15, 0.2) is 54.6 Å². The molecule has 1 fully saturated rings. The van der Waals surface area contributed by atoms with Crippen LogP contribution < -0.4 is 4.90 Å². The normalized spacial score (nSPS) is 14.1. The van der Waals surface area contributed by atoms with Crippen LogP contribution in [0.1, 0.15) is 28.1 Å². The molecule has 1 aliphatic rings. The van der Waals surface area contributed by atoms with Crippen molar-refractivity contribution in [1.82, 2.24) is 14.7 Å². The summed E-state index contributed by atoms with van der Waals surface area (Å²) in [6.45, 7) is 8.30. The molecule has 0 bridgehead atoms. The maximum Gasteiger partial charge on any atom is 0.246 e. The summed E-state index contributed by atoms with van der Waals surface area (Å²) in [6.07, 6.45) is 3.50. The Labute approximate surface area is 206 Å². The van der Waals surface area contributed by atoms with Crippen molar-refractivity contribution < 1.29 is 9.53 Å². The van der Waals surface area contributed by atoms with E-state index in [1.165, 1.54) is 5.69 Å². The molecule has 2 heterocycles. The Morgan fingerprint density at radius 2 is 1.76 bits per heavy atom. The van der Waals surface area contributed by atoms with Crippen LogP contribution in [0.2, 0.25) is 5.02 Å². The van der Waals surface area contributed by atoms with Gasteiger partial charge in [-0.1, -0.05) is 48.0 Å². The highest BCUT2D eigenvalue weighted by atomic mass is 35.5. The van der Waals surface area contributed by atoms with Gasteiger partial charge in [-0.05, 0) is 43.2 Å². The number of rotatable bonds is 7. The van der Waals surface area contributed by atoms with Gasteiger partial charge in [0, 0.05) is 54.7 Å². The summed E-state index contributed by atoms with van der Waals surface area (Å²) in [5, 5.41) is 5.39. The second kappa shape index (κ2) is 10.9. The smallest absolute Gasteiger partial charge is 0.246 e. The third kappa shape index (κ3) is 5.51. The molecule has 0 atom stereocenters. The molecule has 1 amide bonds. The van der Waals surface area contributed by atoms with Crippen LogP contribution >= 0.6 is 11.6 Å². The minimum Gasteiger partial charge on any atom is -0.378 e. The first-order chi connectivity index (χ1) is 16.4. The predicted molar refractivity (Wildman–Crippen MR) is 137 cm³/mol. The van der Waals surface area contributed by atoms with E-state index in [1.807, 2.05) is 68.1 Å². The molecule has 2 aromatic carbocycles. The highest BCUT2D eigenvalue weighted by Gasteiger charge is 2.17. The highest BCUT2D eigenvalue weighted by Crippen LogP contribution is 2.23. The Hall–Kier alpha value is -3.09. The van der Waals surface area contributed by atoms with Gasteiger partial charge in [0.15, 0.2) is 0 Å². The molecule has 0 unspecified atom stereocenters. The lowest BCUT2D eigenvalue weighted by molar-refractivity contribution is -0.125. The van der Waals surface area contributed by atoms with E-state index in [-0.39, 0.29) is 5.91 Å². The van der Waals surface area contributed by atoms with E-state index in [0.717, 1.165) is 59.4 Å². The average Bonchev–Trinajstić information content (AvgIpc) is 3.11. The summed E-state index contributed by atoms with van der Waals surface area (Å²) in [7, 11) is 1.84. The first kappa shape index (κ1) is 24.0. The van der Waals surface area contributed by atoms with Gasteiger partial charge in [-0.15, -0.1) is 0 Å². The minimum absolute atomic E-state index is 0.0468. The van der Waals surface area contributed by atoms with E-state index < -0.39 is 0 Å². The van der Waals surface area contributed by atoms with Crippen molar-refractivity contribution in [3.8, 4) is 0 Å². The number of carbonyl (C=O) groups excluding carboxylic acids is 1. The molecule has 0 radical (unpaired) electrons. The second-order valence-electron chi connectivity index (χ2n) is 8.59. The first-order valence-electron chi connectivity index (χ1n) is 11.5. The molecule has 1 saturated heterocycles. The maximum atomic E-state index is 12.9. The van der Waals surface area contributed by atoms with Gasteiger partial charge in [-0.2, -0.15) is 5.10 Å². The summed E-state index contributed by atoms with van der Waals surface area (Å²) in [4.78, 5) is 17.0. The number of hydrogen-bond acceptors (Lipinski definition) is 4. The van der Waals surface area contributed by atoms with E-state index in [4.69, 9.17) is 16.3 Å². The predicted octanol–water partition coefficient (Wildman–Crippen LogP) is 4.71. The first-order valence-corrected chi connectivity index (χ1v) is 11.9. The van der Waals surface area contributed by atoms with Crippen LogP contribution in [0.25, 0.3) is 6.08 Å². The molecule has 0 aliphatic carbocycles. The number of halogens is 1. The van der Waals surface area contributed by atoms with Crippen LogP contribution in [0.5, 0.6) is 0 Å². The van der Waals surface area contributed by atoms with E-state index in [0.29, 0.717) is 13.1 Å². The molecule has 7 heteroatoms. The lowest BCUT2D eigenvalue weighted by Gasteiger charge is -2.31. The van der Waals surface area contributed by atoms with Gasteiger partial charge in [0.25, 0.3) is 0 Å². The van der Waals surface area contributed by atoms with Crippen LogP contribution in [-0.2, 0) is 22.6 Å². The number of likely N-dealkylation sites (N-methyl/N-ethyl adjacent to an activating group) is 1. The number of ether oxygens (including phenoxy) is 1. The number of hydrogen-bond donors (Lipinski definition) is 0. The third-order valence-corrected chi connectivity index (χ3v) is 6.60. The summed E-state index contributed by atoms with van der Waals surface area (Å²) in [5.41, 5.74) is 6.16. The molecule has 178 valence electrons. The van der Waals surface area contributed by atoms with Crippen molar-refractivity contribution in [1.29, 1.82) is 0 Å². The lowest BCUT2D eigenvalue weighted by atomic mass is 10.1. The fraction of sp³-hybridized carbons (Fsp3) is 0.333. The van der Waals surface area contributed by atoms with Gasteiger partial charge >= 0.3 is 0 Å². The van der Waals surface area contributed by atoms with Gasteiger partial charge in [0.2, 0.25) is 5.91 Å². The van der Waals surface area contributed by atoms with Crippen molar-refractivity contribution in [2.24, 2.45) is 0 Å². The van der Waals surface area contributed by atoms with E-state index in [2.05, 4.69) is 22.1 Å². The Balaban J connectivity index is 1.45. The third-order valence-electron chi connectivity index (χ3n) is 6.24. The van der Waals surface area contributed by atoms with E-state index in [9.17, 15) is 4.79 Å². The standard InChI is InChI=1S/C27H31ClN4O2/c1-20-24(21(2)32(29-20)19-22-8-4-6-10-25(22)28)12-13-27(33)30(3)18-23-9-5-7-11-26(23)31-14-16-34-17-15-31/h4-13H,14-19H2,1-3H3. The van der Waals surface area contributed by atoms with E-state index >= 15 is 0 Å². The molecule has 3 aromatic rings. The topological polar surface area (TPSA) is 50.6 Å². The number of para-hydroxylation sites is 1. The van der Waals surface area contributed by atoms with Gasteiger partial charge in [0.1, 0.15) is 0 Å². The van der Waals surface area contributed by atoms with Gasteiger partial charge in [-0.25, -0.2) is 0 Å². The number of aryl methyl sites for hydroxylation is 1. The monoisotopic (exact) mass is 478 g/mol. The molecule has 6 nitrogen and oxygen atoms in total. The zero-order valence-corrected chi connectivity index (χ0v) is 20.8. The zero-order chi connectivity index (χ0) is 24.1. The van der Waals surface area contributed by atoms with Crippen molar-refractivity contribution in [3.05, 3.63) is 87.7 Å². The van der Waals surface area contributed by atoms with Gasteiger partial charge in [-0.3, -0.25) is 9.48 Å². The fourth-order valence-corrected chi connectivity index (χ4v) is 4.46. The molecule has 1 aromatic heterocycles. The SMILES string of the molecule is Cc1nn(Cc2ccccc2Cl)c(C)c1C=CC(=O)N(C)Cc1ccccc1N1CCOCC1. The Kier molecular flexibility index (Phi) is 7.70. The number of anilines is 1. The van der Waals surface area contributed by atoms with E-state index in [1.54, 1.807) is 11.0 Å². The molecular weight excluding hydrogens is 448 g/mol. The minimum atomic E-state index is -0.0468. The van der Waals surface area contributed by atoms with Gasteiger partial charge < -0.3 is 14.5 Å². The van der Waals surface area contributed by atoms with Gasteiger partial charge in [0.05, 0.1) is 25.5 Å². The molecule has 0 saturated carbocycles. The highest BCUT2D eigenvalue weighted by molar-refractivity contribution is 6.31. The summed E-state index contributed by atoms with van der Waals surface area (Å²) < 4.78 is 7.42. The Morgan fingerprint density at radius 3 is 2.50 bits per heavy atom. The molecule has 0 spiro atoms. The fourth-order valence-electron chi connectivity index (χ4n) is 4.27. The molecule has 34 heavy (non-hydrogen) atoms. The molecule has 1 aliphatic heterocycles. The van der Waals surface area contributed by atoms with Crippen LogP contribution in [0.4, 0.5) is 5.69 Å². The average molecular weight is 479 g/mol. The molecule has 4 rings (SSSR count). The lowest BCUT2D eigenvalue weighted by Crippen LogP contribution is -2.37. The van der Waals surface area contributed by atoms with Crippen molar-refractivity contribution >= 4 is 29.3 Å². The number of aromatic nitrogens is 2. The number of morpholine rings is 1. The number of benzene rings is 2. The van der Waals surface area contributed by atoms with Crippen LogP contribution in [0, 0.1) is 13.8 Å². The number of amides is 1. The van der Waals surface area contributed by atoms with Crippen LogP contribution in [0.3, 0.4) is 0 Å². The largest absolute Gasteiger partial charge is 0.378 e. The maximum absolute atomic E-state index is 12.9. The Bertz CT molecular complexity index is 1180. The zero-order valence-electron chi connectivity index (χ0n) is 20.0. The van der Waals surface area contributed by atoms with Crippen LogP contribution in [-0.4, -0.2) is 53.9 Å². The second-order valence-corrected chi connectivity index (χ2v) is 9.00. The molecule has 0 N–H and O–H groups in total. The van der Waals surface area contributed by atoms with Crippen molar-refractivity contribution in [3.63, 3.8) is 0 Å². The quantitative estimate of drug-likeness (QED) is 0.461. The number of nitrogens with zero attached hydrogens (tertiary/aromatic N) is 4. The summed E-state index contributed by atoms with van der Waals surface area (Å²) in [6, 6.07) is 16.0. The molecular formula is C27H31ClN4O2. The Morgan fingerprint density at radius 1 is 1.09 bits per heavy atom. The van der Waals surface area contributed by atoms with Crippen molar-refractivity contribution in [2.45, 2.75) is 26.9 Å². The summed E-state index contributed by atoms with van der Waals surface area (Å²) in [5.74, 6) is -0.0468. The number of carbonyl (C=O) groups is 1. The van der Waals surface area contributed by atoms with Crippen molar-refractivity contribution in [2.75, 3.05) is 38.3 Å². The summed E-state index contributed by atoms with van der Waals surface area (Å²) >= 11 is 6.32.